The molecule has 0 saturated heterocycles. The largest absolute Gasteiger partial charge is 0.0810 e. The van der Waals surface area contributed by atoms with E-state index >= 15 is 0 Å². The number of benzene rings is 4. The third-order valence-corrected chi connectivity index (χ3v) is 13.5. The number of hydrogen-bond acceptors (Lipinski definition) is 0. The van der Waals surface area contributed by atoms with Crippen molar-refractivity contribution in [2.45, 2.75) is 31.6 Å². The van der Waals surface area contributed by atoms with Crippen molar-refractivity contribution in [1.82, 2.24) is 0 Å². The first-order valence-corrected chi connectivity index (χ1v) is 16.3. The third-order valence-electron chi connectivity index (χ3n) is 7.04. The van der Waals surface area contributed by atoms with E-state index in [4.69, 9.17) is 0 Å². The molecule has 1 radical (unpaired) electrons. The molecule has 4 aromatic rings. The summed E-state index contributed by atoms with van der Waals surface area (Å²) in [5.41, 5.74) is 0. The van der Waals surface area contributed by atoms with Crippen molar-refractivity contribution in [2.75, 3.05) is 0 Å². The molecule has 38 heavy (non-hydrogen) atoms. The van der Waals surface area contributed by atoms with Gasteiger partial charge in [-0.05, 0) is 61.7 Å². The van der Waals surface area contributed by atoms with E-state index in [0.29, 0.717) is 5.40 Å². The Hall–Kier alpha value is -2.16. The quantitative estimate of drug-likeness (QED) is 0.106. The molecule has 2 bridgehead atoms. The van der Waals surface area contributed by atoms with Gasteiger partial charge in [-0.3, -0.25) is 0 Å². The van der Waals surface area contributed by atoms with Gasteiger partial charge in [0.05, 0.1) is 0 Å². The first-order valence-electron chi connectivity index (χ1n) is 13.5. The Kier molecular flexibility index (Phi) is 11.3. The Morgan fingerprint density at radius 3 is 1.03 bits per heavy atom. The van der Waals surface area contributed by atoms with E-state index in [0.717, 1.165) is 11.8 Å². The van der Waals surface area contributed by atoms with Crippen molar-refractivity contribution in [2.24, 2.45) is 11.8 Å². The summed E-state index contributed by atoms with van der Waals surface area (Å²) in [6.45, 7) is 2.33. The molecule has 0 nitrogen and oxygen atoms in total. The molecule has 0 heterocycles. The van der Waals surface area contributed by atoms with E-state index in [9.17, 15) is 0 Å². The monoisotopic (exact) mass is 621 g/mol. The van der Waals surface area contributed by atoms with Gasteiger partial charge in [-0.1, -0.05) is 159 Å². The molecule has 0 N–H and O–H groups in total. The fourth-order valence-corrected chi connectivity index (χ4v) is 12.8. The summed E-state index contributed by atoms with van der Waals surface area (Å²) in [6.07, 6.45) is 13.0. The van der Waals surface area contributed by atoms with Gasteiger partial charge in [0, 0.05) is 24.9 Å². The summed E-state index contributed by atoms with van der Waals surface area (Å²) in [7, 11) is -0.956. The molecule has 0 fully saturated rings. The van der Waals surface area contributed by atoms with Gasteiger partial charge in [0.25, 0.3) is 0 Å². The Bertz CT molecular complexity index is 1080. The van der Waals surface area contributed by atoms with Crippen LogP contribution in [0.3, 0.4) is 0 Å². The maximum Gasteiger partial charge on any atom is 0.0154 e. The van der Waals surface area contributed by atoms with Crippen molar-refractivity contribution in [3.05, 3.63) is 146 Å². The molecule has 0 aromatic heterocycles. The smallest absolute Gasteiger partial charge is 0.0154 e. The Morgan fingerprint density at radius 2 is 0.816 bits per heavy atom. The van der Waals surface area contributed by atoms with Gasteiger partial charge in [0.15, 0.2) is 0 Å². The second-order valence-corrected chi connectivity index (χ2v) is 14.9. The summed E-state index contributed by atoms with van der Waals surface area (Å²) in [4.78, 5) is 0. The molecule has 3 heteroatoms. The third kappa shape index (κ3) is 7.27. The van der Waals surface area contributed by atoms with Gasteiger partial charge in [-0.15, -0.1) is 0 Å². The molecule has 2 aliphatic carbocycles. The first kappa shape index (κ1) is 28.8. The van der Waals surface area contributed by atoms with Gasteiger partial charge in [-0.2, -0.15) is 0 Å². The molecular formula is C35H36P2Rh. The summed E-state index contributed by atoms with van der Waals surface area (Å²) in [5, 5.41) is 6.52. The van der Waals surface area contributed by atoms with E-state index in [1.165, 1.54) is 40.5 Å². The molecule has 0 unspecified atom stereocenters. The van der Waals surface area contributed by atoms with E-state index in [-0.39, 0.29) is 19.5 Å². The Balaban J connectivity index is 0.000000359. The zero-order valence-corrected chi connectivity index (χ0v) is 25.4. The van der Waals surface area contributed by atoms with Crippen LogP contribution >= 0.6 is 15.8 Å². The first-order chi connectivity index (χ1) is 18.3. The summed E-state index contributed by atoms with van der Waals surface area (Å²) in [6, 6.07) is 44.8. The van der Waals surface area contributed by atoms with E-state index in [1.54, 1.807) is 0 Å². The predicted octanol–water partition coefficient (Wildman–Crippen LogP) is 8.12. The topological polar surface area (TPSA) is 0 Å². The molecule has 6 rings (SSSR count). The number of hydrogen-bond donors (Lipinski definition) is 0. The van der Waals surface area contributed by atoms with Crippen LogP contribution in [0.2, 0.25) is 0 Å². The molecule has 4 aromatic carbocycles. The summed E-state index contributed by atoms with van der Waals surface area (Å²) < 4.78 is 0. The summed E-state index contributed by atoms with van der Waals surface area (Å²) >= 11 is 0. The second kappa shape index (κ2) is 14.8. The van der Waals surface area contributed by atoms with Crippen molar-refractivity contribution < 1.29 is 19.5 Å². The molecule has 0 atom stereocenters. The average Bonchev–Trinajstić information content (AvgIpc) is 3.63. The van der Waals surface area contributed by atoms with Crippen LogP contribution in [0.25, 0.3) is 0 Å². The van der Waals surface area contributed by atoms with Crippen molar-refractivity contribution in [1.29, 1.82) is 0 Å². The SMILES string of the molecule is C1=CC2C=CC1C2.CCCC(P(c1ccccc1)c1ccccc1)P(c1ccccc1)c1ccccc1.[Rh]. The van der Waals surface area contributed by atoms with Crippen molar-refractivity contribution >= 4 is 37.1 Å². The summed E-state index contributed by atoms with van der Waals surface area (Å²) in [5.74, 6) is 1.62. The minimum Gasteiger partial charge on any atom is -0.0810 e. The molecule has 2 aliphatic rings. The van der Waals surface area contributed by atoms with Gasteiger partial charge in [0.2, 0.25) is 0 Å². The minimum atomic E-state index is -0.478. The fraction of sp³-hybridized carbons (Fsp3) is 0.200. The van der Waals surface area contributed by atoms with Crippen LogP contribution in [0.1, 0.15) is 26.2 Å². The van der Waals surface area contributed by atoms with Crippen LogP contribution in [-0.2, 0) is 19.5 Å². The molecular weight excluding hydrogens is 585 g/mol. The van der Waals surface area contributed by atoms with Crippen LogP contribution < -0.4 is 21.2 Å². The van der Waals surface area contributed by atoms with Crippen LogP contribution in [0.4, 0.5) is 0 Å². The van der Waals surface area contributed by atoms with Crippen LogP contribution in [0, 0.1) is 11.8 Å². The van der Waals surface area contributed by atoms with Gasteiger partial charge < -0.3 is 0 Å². The maximum absolute atomic E-state index is 2.34. The maximum atomic E-state index is 2.34. The van der Waals surface area contributed by atoms with Gasteiger partial charge in [0.1, 0.15) is 0 Å². The van der Waals surface area contributed by atoms with Gasteiger partial charge >= 0.3 is 0 Å². The molecule has 195 valence electrons. The standard InChI is InChI=1S/C28H28P2.C7H8.Rh/c1-2-15-28(29(24-16-7-3-8-17-24)25-18-9-4-10-19-25)30(26-20-11-5-12-21-26)27-22-13-6-14-23-27;1-2-7-4-3-6(1)5-7;/h3-14,16-23,28H,2,15H2,1H3;1-4,6-7H,5H2;. The fourth-order valence-electron chi connectivity index (χ4n) is 5.30. The molecule has 0 spiro atoms. The number of rotatable bonds is 8. The second-order valence-electron chi connectivity index (χ2n) is 9.68. The van der Waals surface area contributed by atoms with Crippen molar-refractivity contribution in [3.8, 4) is 0 Å². The number of fused-ring (bicyclic) bond motifs is 2. The molecule has 0 aliphatic heterocycles. The Labute approximate surface area is 244 Å². The predicted molar refractivity (Wildman–Crippen MR) is 167 cm³/mol. The normalized spacial score (nSPS) is 16.9. The number of allylic oxidation sites excluding steroid dienone is 4. The van der Waals surface area contributed by atoms with Gasteiger partial charge in [-0.25, -0.2) is 0 Å². The van der Waals surface area contributed by atoms with E-state index < -0.39 is 15.8 Å². The zero-order chi connectivity index (χ0) is 25.3. The van der Waals surface area contributed by atoms with Crippen LogP contribution in [0.15, 0.2) is 146 Å². The van der Waals surface area contributed by atoms with Crippen LogP contribution in [-0.4, -0.2) is 5.40 Å². The van der Waals surface area contributed by atoms with Crippen molar-refractivity contribution in [3.63, 3.8) is 0 Å². The Morgan fingerprint density at radius 1 is 0.526 bits per heavy atom. The van der Waals surface area contributed by atoms with E-state index in [1.807, 2.05) is 0 Å². The average molecular weight is 622 g/mol. The molecule has 0 saturated carbocycles. The molecule has 0 amide bonds. The zero-order valence-electron chi connectivity index (χ0n) is 21.9. The van der Waals surface area contributed by atoms with E-state index in [2.05, 4.69) is 153 Å². The minimum absolute atomic E-state index is 0. The van der Waals surface area contributed by atoms with Crippen LogP contribution in [0.5, 0.6) is 0 Å².